The zero-order valence-corrected chi connectivity index (χ0v) is 21.0. The predicted molar refractivity (Wildman–Crippen MR) is 131 cm³/mol. The summed E-state index contributed by atoms with van der Waals surface area (Å²) in [4.78, 5) is 30.7. The number of hydrogen-bond donors (Lipinski definition) is 0. The van der Waals surface area contributed by atoms with E-state index in [0.29, 0.717) is 42.1 Å². The normalized spacial score (nSPS) is 17.6. The Kier molecular flexibility index (Phi) is 6.81. The number of halogens is 2. The van der Waals surface area contributed by atoms with Crippen molar-refractivity contribution in [3.05, 3.63) is 57.6 Å². The van der Waals surface area contributed by atoms with Gasteiger partial charge in [-0.2, -0.15) is 0 Å². The third-order valence-electron chi connectivity index (χ3n) is 6.49. The number of amides is 2. The number of piperazine rings is 1. The van der Waals surface area contributed by atoms with Gasteiger partial charge in [0.15, 0.2) is 0 Å². The summed E-state index contributed by atoms with van der Waals surface area (Å²) in [5, 5.41) is 0.986. The van der Waals surface area contributed by atoms with E-state index in [1.165, 1.54) is 5.56 Å². The number of carbonyl (C=O) groups is 2. The van der Waals surface area contributed by atoms with Crippen molar-refractivity contribution in [2.75, 3.05) is 26.2 Å². The molecule has 32 heavy (non-hydrogen) atoms. The molecule has 2 aliphatic rings. The predicted octanol–water partition coefficient (Wildman–Crippen LogP) is 5.99. The lowest BCUT2D eigenvalue weighted by Gasteiger charge is -2.36. The Morgan fingerprint density at radius 2 is 1.53 bits per heavy atom. The highest BCUT2D eigenvalue weighted by atomic mass is 35.5. The molecule has 2 amide bonds. The summed E-state index contributed by atoms with van der Waals surface area (Å²) in [7, 11) is 0. The Morgan fingerprint density at radius 1 is 0.906 bits per heavy atom. The Morgan fingerprint density at radius 3 is 2.12 bits per heavy atom. The van der Waals surface area contributed by atoms with Gasteiger partial charge in [-0.15, -0.1) is 0 Å². The van der Waals surface area contributed by atoms with E-state index in [9.17, 15) is 9.59 Å². The topological polar surface area (TPSA) is 40.6 Å². The van der Waals surface area contributed by atoms with Crippen LogP contribution in [0.4, 0.5) is 0 Å². The van der Waals surface area contributed by atoms with Gasteiger partial charge in [-0.05, 0) is 42.0 Å². The maximum atomic E-state index is 13.4. The van der Waals surface area contributed by atoms with Crippen LogP contribution < -0.4 is 0 Å². The Hall–Kier alpha value is -1.69. The molecule has 0 atom stereocenters. The molecular weight excluding hydrogens is 463 g/mol. The minimum Gasteiger partial charge on any atom is -0.339 e. The third kappa shape index (κ3) is 4.40. The van der Waals surface area contributed by atoms with Gasteiger partial charge in [0.1, 0.15) is 0 Å². The van der Waals surface area contributed by atoms with E-state index >= 15 is 0 Å². The lowest BCUT2D eigenvalue weighted by molar-refractivity contribution is -0.140. The van der Waals surface area contributed by atoms with E-state index < -0.39 is 5.41 Å². The van der Waals surface area contributed by atoms with Crippen LogP contribution in [-0.4, -0.2) is 47.8 Å². The van der Waals surface area contributed by atoms with Crippen LogP contribution >= 0.6 is 35.0 Å². The van der Waals surface area contributed by atoms with E-state index in [0.717, 1.165) is 28.2 Å². The van der Waals surface area contributed by atoms with Crippen molar-refractivity contribution in [3.8, 4) is 0 Å². The minimum absolute atomic E-state index is 0.0557. The van der Waals surface area contributed by atoms with Gasteiger partial charge in [0.2, 0.25) is 11.8 Å². The maximum absolute atomic E-state index is 13.4. The van der Waals surface area contributed by atoms with Crippen molar-refractivity contribution in [1.29, 1.82) is 0 Å². The van der Waals surface area contributed by atoms with Gasteiger partial charge in [-0.3, -0.25) is 9.59 Å². The highest BCUT2D eigenvalue weighted by Crippen LogP contribution is 2.54. The molecule has 1 heterocycles. The quantitative estimate of drug-likeness (QED) is 0.516. The molecule has 4 rings (SSSR count). The van der Waals surface area contributed by atoms with Crippen LogP contribution in [0.5, 0.6) is 0 Å². The second-order valence-corrected chi connectivity index (χ2v) is 10.8. The van der Waals surface area contributed by atoms with Gasteiger partial charge in [0, 0.05) is 42.9 Å². The summed E-state index contributed by atoms with van der Waals surface area (Å²) in [5.74, 6) is 0.562. The highest BCUT2D eigenvalue weighted by molar-refractivity contribution is 7.99. The average molecular weight is 491 g/mol. The van der Waals surface area contributed by atoms with Crippen molar-refractivity contribution >= 4 is 46.8 Å². The van der Waals surface area contributed by atoms with Crippen molar-refractivity contribution in [2.45, 2.75) is 54.7 Å². The van der Waals surface area contributed by atoms with Crippen molar-refractivity contribution < 1.29 is 9.59 Å². The first-order valence-electron chi connectivity index (χ1n) is 11.0. The molecule has 0 radical (unpaired) electrons. The van der Waals surface area contributed by atoms with Crippen LogP contribution in [-0.2, 0) is 15.0 Å². The second kappa shape index (κ2) is 9.28. The van der Waals surface area contributed by atoms with E-state index in [-0.39, 0.29) is 11.8 Å². The van der Waals surface area contributed by atoms with Gasteiger partial charge in [0.05, 0.1) is 15.5 Å². The van der Waals surface area contributed by atoms with Gasteiger partial charge in [-0.25, -0.2) is 0 Å². The molecule has 170 valence electrons. The van der Waals surface area contributed by atoms with Gasteiger partial charge >= 0.3 is 0 Å². The van der Waals surface area contributed by atoms with Crippen molar-refractivity contribution in [1.82, 2.24) is 9.80 Å². The van der Waals surface area contributed by atoms with Crippen LogP contribution in [0.15, 0.2) is 46.2 Å². The molecule has 1 aliphatic heterocycles. The summed E-state index contributed by atoms with van der Waals surface area (Å²) >= 11 is 15.1. The largest absolute Gasteiger partial charge is 0.339 e. The summed E-state index contributed by atoms with van der Waals surface area (Å²) in [6, 6.07) is 12.3. The van der Waals surface area contributed by atoms with Crippen molar-refractivity contribution in [3.63, 3.8) is 0 Å². The molecule has 0 unspecified atom stereocenters. The fourth-order valence-corrected chi connectivity index (χ4v) is 6.21. The standard InChI is InChI=1S/C25H28Cl2N2O2S/c1-16(2)18-6-4-5-7-20(18)32-21-9-8-19(22(26)23(21)27)25(10-11-25)24(31)29-14-12-28(13-15-29)17(3)30/h4-9,16H,10-15H2,1-3H3. The van der Waals surface area contributed by atoms with Crippen LogP contribution in [0.25, 0.3) is 0 Å². The Balaban J connectivity index is 1.56. The number of nitrogens with zero attached hydrogens (tertiary/aromatic N) is 2. The molecule has 2 aromatic carbocycles. The van der Waals surface area contributed by atoms with Crippen molar-refractivity contribution in [2.24, 2.45) is 0 Å². The maximum Gasteiger partial charge on any atom is 0.233 e. The SMILES string of the molecule is CC(=O)N1CCN(C(=O)C2(c3ccc(Sc4ccccc4C(C)C)c(Cl)c3Cl)CC2)CC1. The molecule has 2 fully saturated rings. The van der Waals surface area contributed by atoms with Crippen LogP contribution in [0.1, 0.15) is 50.7 Å². The number of carbonyl (C=O) groups excluding carboxylic acids is 2. The molecule has 1 aliphatic carbocycles. The lowest BCUT2D eigenvalue weighted by atomic mass is 9.93. The Labute approximate surface area is 204 Å². The molecular formula is C25H28Cl2N2O2S. The summed E-state index contributed by atoms with van der Waals surface area (Å²) in [6.07, 6.45) is 1.55. The zero-order chi connectivity index (χ0) is 23.0. The van der Waals surface area contributed by atoms with Crippen LogP contribution in [0.3, 0.4) is 0 Å². The summed E-state index contributed by atoms with van der Waals surface area (Å²) < 4.78 is 0. The fraction of sp³-hybridized carbons (Fsp3) is 0.440. The average Bonchev–Trinajstić information content (AvgIpc) is 3.58. The molecule has 2 aromatic rings. The van der Waals surface area contributed by atoms with Gasteiger partial charge in [0.25, 0.3) is 0 Å². The molecule has 0 bridgehead atoms. The highest BCUT2D eigenvalue weighted by Gasteiger charge is 2.54. The second-order valence-electron chi connectivity index (χ2n) is 8.91. The number of hydrogen-bond acceptors (Lipinski definition) is 3. The first-order chi connectivity index (χ1) is 15.2. The first-order valence-corrected chi connectivity index (χ1v) is 12.6. The smallest absolute Gasteiger partial charge is 0.233 e. The Bertz CT molecular complexity index is 1040. The summed E-state index contributed by atoms with van der Waals surface area (Å²) in [6.45, 7) is 8.20. The van der Waals surface area contributed by atoms with Crippen LogP contribution in [0, 0.1) is 0 Å². The van der Waals surface area contributed by atoms with Gasteiger partial charge in [-0.1, -0.05) is 73.1 Å². The molecule has 4 nitrogen and oxygen atoms in total. The fourth-order valence-electron chi connectivity index (χ4n) is 4.40. The first kappa shape index (κ1) is 23.5. The van der Waals surface area contributed by atoms with E-state index in [1.807, 2.05) is 23.1 Å². The number of benzene rings is 2. The summed E-state index contributed by atoms with van der Waals surface area (Å²) in [5.41, 5.74) is 1.51. The molecule has 1 saturated carbocycles. The van der Waals surface area contributed by atoms with Crippen LogP contribution in [0.2, 0.25) is 10.0 Å². The van der Waals surface area contributed by atoms with E-state index in [4.69, 9.17) is 23.2 Å². The minimum atomic E-state index is -0.585. The molecule has 7 heteroatoms. The zero-order valence-electron chi connectivity index (χ0n) is 18.7. The molecule has 1 saturated heterocycles. The third-order valence-corrected chi connectivity index (χ3v) is 8.64. The molecule has 0 aromatic heterocycles. The monoisotopic (exact) mass is 490 g/mol. The number of rotatable bonds is 5. The molecule has 0 N–H and O–H groups in total. The molecule has 0 spiro atoms. The van der Waals surface area contributed by atoms with E-state index in [1.54, 1.807) is 23.6 Å². The van der Waals surface area contributed by atoms with E-state index in [2.05, 4.69) is 32.0 Å². The lowest BCUT2D eigenvalue weighted by Crippen LogP contribution is -2.52. The van der Waals surface area contributed by atoms with Gasteiger partial charge < -0.3 is 9.80 Å².